The van der Waals surface area contributed by atoms with Crippen molar-refractivity contribution >= 4 is 51.6 Å². The van der Waals surface area contributed by atoms with Gasteiger partial charge >= 0.3 is 6.03 Å². The number of carbonyl (C=O) groups is 2. The van der Waals surface area contributed by atoms with Gasteiger partial charge in [0.25, 0.3) is 0 Å². The van der Waals surface area contributed by atoms with E-state index in [9.17, 15) is 9.59 Å². The molecule has 1 aliphatic rings. The summed E-state index contributed by atoms with van der Waals surface area (Å²) in [5, 5.41) is 3.93. The lowest BCUT2D eigenvalue weighted by Gasteiger charge is -2.34. The van der Waals surface area contributed by atoms with Crippen molar-refractivity contribution in [1.29, 1.82) is 0 Å². The second-order valence-electron chi connectivity index (χ2n) is 7.01. The van der Waals surface area contributed by atoms with Gasteiger partial charge in [0.1, 0.15) is 18.7 Å². The maximum Gasteiger partial charge on any atom is 0.322 e. The largest absolute Gasteiger partial charge is 0.397 e. The summed E-state index contributed by atoms with van der Waals surface area (Å²) >= 11 is 5.90. The first kappa shape index (κ1) is 19.7. The molecule has 4 rings (SSSR count). The van der Waals surface area contributed by atoms with Gasteiger partial charge in [-0.25, -0.2) is 14.8 Å². The number of carbonyl (C=O) groups excluding carboxylic acids is 2. The van der Waals surface area contributed by atoms with E-state index in [-0.39, 0.29) is 18.5 Å². The van der Waals surface area contributed by atoms with E-state index in [4.69, 9.17) is 23.1 Å². The van der Waals surface area contributed by atoms with E-state index in [1.807, 2.05) is 18.2 Å². The Morgan fingerprint density at radius 1 is 1.13 bits per heavy atom. The first-order chi connectivity index (χ1) is 14.4. The number of nitrogen functional groups attached to an aromatic ring is 2. The maximum atomic E-state index is 12.6. The second-order valence-corrected chi connectivity index (χ2v) is 7.42. The Morgan fingerprint density at radius 2 is 1.97 bits per heavy atom. The van der Waals surface area contributed by atoms with Crippen molar-refractivity contribution in [1.82, 2.24) is 19.8 Å². The van der Waals surface area contributed by atoms with Crippen LogP contribution in [0.3, 0.4) is 0 Å². The molecule has 1 aromatic heterocycles. The van der Waals surface area contributed by atoms with Crippen molar-refractivity contribution in [3.63, 3.8) is 0 Å². The predicted octanol–water partition coefficient (Wildman–Crippen LogP) is 2.32. The number of rotatable bonds is 3. The zero-order chi connectivity index (χ0) is 21.3. The number of halogens is 1. The number of benzene rings is 2. The van der Waals surface area contributed by atoms with Crippen LogP contribution in [0.2, 0.25) is 5.02 Å². The molecular weight excluding hydrogens is 406 g/mol. The van der Waals surface area contributed by atoms with E-state index in [1.165, 1.54) is 11.2 Å². The van der Waals surface area contributed by atoms with Crippen LogP contribution >= 0.6 is 11.6 Å². The molecule has 1 saturated heterocycles. The van der Waals surface area contributed by atoms with E-state index in [1.54, 1.807) is 23.1 Å². The molecule has 2 aromatic carbocycles. The smallest absolute Gasteiger partial charge is 0.322 e. The number of nitrogens with two attached hydrogens (primary N) is 2. The minimum absolute atomic E-state index is 0.00238. The summed E-state index contributed by atoms with van der Waals surface area (Å²) in [5.41, 5.74) is 14.2. The molecule has 0 atom stereocenters. The van der Waals surface area contributed by atoms with Gasteiger partial charge in [0.05, 0.1) is 16.2 Å². The van der Waals surface area contributed by atoms with Crippen molar-refractivity contribution in [2.45, 2.75) is 6.54 Å². The SMILES string of the molecule is Nc1cc(NC(=O)N2CCN(Cc3ccc4c(N)ncnc4c3)C(=O)C2)ccc1Cl. The molecule has 2 heterocycles. The summed E-state index contributed by atoms with van der Waals surface area (Å²) in [5.74, 6) is 0.291. The Kier molecular flexibility index (Phi) is 5.28. The fourth-order valence-electron chi connectivity index (χ4n) is 3.32. The molecule has 154 valence electrons. The number of fused-ring (bicyclic) bond motifs is 1. The van der Waals surface area contributed by atoms with Gasteiger partial charge in [-0.1, -0.05) is 17.7 Å². The fraction of sp³-hybridized carbons (Fsp3) is 0.200. The second kappa shape index (κ2) is 8.03. The van der Waals surface area contributed by atoms with Gasteiger partial charge in [-0.2, -0.15) is 0 Å². The highest BCUT2D eigenvalue weighted by atomic mass is 35.5. The molecule has 3 aromatic rings. The van der Waals surface area contributed by atoms with Gasteiger partial charge in [0.2, 0.25) is 5.91 Å². The van der Waals surface area contributed by atoms with E-state index in [0.717, 1.165) is 16.5 Å². The highest BCUT2D eigenvalue weighted by Crippen LogP contribution is 2.23. The Morgan fingerprint density at radius 3 is 2.73 bits per heavy atom. The molecule has 0 bridgehead atoms. The maximum absolute atomic E-state index is 12.6. The summed E-state index contributed by atoms with van der Waals surface area (Å²) in [4.78, 5) is 36.5. The highest BCUT2D eigenvalue weighted by molar-refractivity contribution is 6.33. The van der Waals surface area contributed by atoms with E-state index < -0.39 is 0 Å². The van der Waals surface area contributed by atoms with Crippen molar-refractivity contribution in [2.75, 3.05) is 36.4 Å². The normalized spacial score (nSPS) is 14.2. The number of amides is 3. The van der Waals surface area contributed by atoms with Gasteiger partial charge < -0.3 is 26.6 Å². The van der Waals surface area contributed by atoms with Crippen LogP contribution in [0, 0.1) is 0 Å². The quantitative estimate of drug-likeness (QED) is 0.552. The monoisotopic (exact) mass is 425 g/mol. The van der Waals surface area contributed by atoms with E-state index in [2.05, 4.69) is 15.3 Å². The average Bonchev–Trinajstić information content (AvgIpc) is 2.72. The summed E-state index contributed by atoms with van der Waals surface area (Å²) in [6.07, 6.45) is 1.41. The predicted molar refractivity (Wildman–Crippen MR) is 116 cm³/mol. The summed E-state index contributed by atoms with van der Waals surface area (Å²) in [6.45, 7) is 1.28. The Hall–Kier alpha value is -3.59. The molecule has 3 amide bonds. The molecule has 10 heteroatoms. The summed E-state index contributed by atoms with van der Waals surface area (Å²) < 4.78 is 0. The fourth-order valence-corrected chi connectivity index (χ4v) is 3.43. The van der Waals surface area contributed by atoms with Crippen molar-refractivity contribution < 1.29 is 9.59 Å². The number of hydrogen-bond acceptors (Lipinski definition) is 6. The van der Waals surface area contributed by atoms with Crippen LogP contribution in [0.4, 0.5) is 22.0 Å². The lowest BCUT2D eigenvalue weighted by Crippen LogP contribution is -2.52. The average molecular weight is 426 g/mol. The Bertz CT molecular complexity index is 1140. The number of nitrogens with zero attached hydrogens (tertiary/aromatic N) is 4. The van der Waals surface area contributed by atoms with Crippen LogP contribution in [0.25, 0.3) is 10.9 Å². The highest BCUT2D eigenvalue weighted by Gasteiger charge is 2.27. The van der Waals surface area contributed by atoms with Crippen LogP contribution in [0.1, 0.15) is 5.56 Å². The third-order valence-electron chi connectivity index (χ3n) is 4.96. The van der Waals surface area contributed by atoms with Crippen LogP contribution < -0.4 is 16.8 Å². The Balaban J connectivity index is 1.38. The lowest BCUT2D eigenvalue weighted by molar-refractivity contribution is -0.135. The van der Waals surface area contributed by atoms with Gasteiger partial charge in [0.15, 0.2) is 0 Å². The summed E-state index contributed by atoms with van der Waals surface area (Å²) in [6, 6.07) is 10.1. The first-order valence-corrected chi connectivity index (χ1v) is 9.66. The topological polar surface area (TPSA) is 130 Å². The molecular formula is C20H20ClN7O2. The molecule has 9 nitrogen and oxygen atoms in total. The number of urea groups is 1. The molecule has 0 spiro atoms. The molecule has 0 aliphatic carbocycles. The number of hydrogen-bond donors (Lipinski definition) is 3. The molecule has 30 heavy (non-hydrogen) atoms. The molecule has 5 N–H and O–H groups in total. The lowest BCUT2D eigenvalue weighted by atomic mass is 10.1. The van der Waals surface area contributed by atoms with Crippen molar-refractivity contribution in [3.05, 3.63) is 53.3 Å². The standard InChI is InChI=1S/C20H20ClN7O2/c21-15-4-2-13(8-16(15)22)26-20(30)28-6-5-27(18(29)10-28)9-12-1-3-14-17(7-12)24-11-25-19(14)23/h1-4,7-8,11H,5-6,9-10,22H2,(H,26,30)(H2,23,24,25). The number of nitrogens with one attached hydrogen (secondary N) is 1. The van der Waals surface area contributed by atoms with Crippen LogP contribution in [-0.2, 0) is 11.3 Å². The van der Waals surface area contributed by atoms with Gasteiger partial charge in [-0.05, 0) is 35.9 Å². The van der Waals surface area contributed by atoms with Gasteiger partial charge in [-0.3, -0.25) is 4.79 Å². The Labute approximate surface area is 177 Å². The third-order valence-corrected chi connectivity index (χ3v) is 5.30. The summed E-state index contributed by atoms with van der Waals surface area (Å²) in [7, 11) is 0. The van der Waals surface area contributed by atoms with Crippen molar-refractivity contribution in [3.8, 4) is 0 Å². The van der Waals surface area contributed by atoms with Crippen molar-refractivity contribution in [2.24, 2.45) is 0 Å². The first-order valence-electron chi connectivity index (χ1n) is 9.28. The molecule has 0 saturated carbocycles. The van der Waals surface area contributed by atoms with Crippen LogP contribution in [0.15, 0.2) is 42.7 Å². The number of piperazine rings is 1. The minimum Gasteiger partial charge on any atom is -0.397 e. The van der Waals surface area contributed by atoms with Crippen LogP contribution in [-0.4, -0.2) is 51.3 Å². The van der Waals surface area contributed by atoms with Crippen LogP contribution in [0.5, 0.6) is 0 Å². The molecule has 1 aliphatic heterocycles. The zero-order valence-corrected chi connectivity index (χ0v) is 16.8. The number of anilines is 3. The molecule has 0 unspecified atom stereocenters. The molecule has 1 fully saturated rings. The minimum atomic E-state index is -0.359. The molecule has 0 radical (unpaired) electrons. The van der Waals surface area contributed by atoms with Gasteiger partial charge in [0, 0.05) is 30.7 Å². The van der Waals surface area contributed by atoms with Gasteiger partial charge in [-0.15, -0.1) is 0 Å². The number of aromatic nitrogens is 2. The zero-order valence-electron chi connectivity index (χ0n) is 16.0. The van der Waals surface area contributed by atoms with E-state index >= 15 is 0 Å². The van der Waals surface area contributed by atoms with E-state index in [0.29, 0.717) is 41.8 Å². The third kappa shape index (κ3) is 4.06.